The first-order valence-corrected chi connectivity index (χ1v) is 7.24. The maximum absolute atomic E-state index is 4.08. The second-order valence-electron chi connectivity index (χ2n) is 5.15. The first-order valence-electron chi connectivity index (χ1n) is 7.24. The molecule has 2 heterocycles. The summed E-state index contributed by atoms with van der Waals surface area (Å²) in [5.74, 6) is 0. The normalized spacial score (nSPS) is 17.4. The van der Waals surface area contributed by atoms with Crippen LogP contribution in [0.5, 0.6) is 0 Å². The minimum absolute atomic E-state index is 0.697. The van der Waals surface area contributed by atoms with E-state index in [4.69, 9.17) is 0 Å². The Labute approximate surface area is 111 Å². The third kappa shape index (κ3) is 3.45. The van der Waals surface area contributed by atoms with Gasteiger partial charge in [0, 0.05) is 43.3 Å². The van der Waals surface area contributed by atoms with Crippen LogP contribution in [0.1, 0.15) is 39.5 Å². The molecular weight excluding hydrogens is 222 g/mol. The minimum Gasteiger partial charge on any atom is -0.371 e. The van der Waals surface area contributed by atoms with Crippen LogP contribution in [0.2, 0.25) is 0 Å². The molecule has 0 bridgehead atoms. The van der Waals surface area contributed by atoms with E-state index in [2.05, 4.69) is 41.2 Å². The van der Waals surface area contributed by atoms with Crippen molar-refractivity contribution in [1.82, 2.24) is 10.3 Å². The standard InChI is InChI=1S/C15H25N3/c1-3-13(4-2)17-14-7-11-18(12-8-14)15-5-9-16-10-6-15/h5-6,9-10,13-14,17H,3-4,7-8,11-12H2,1-2H3. The van der Waals surface area contributed by atoms with E-state index in [1.807, 2.05) is 12.4 Å². The largest absolute Gasteiger partial charge is 0.371 e. The quantitative estimate of drug-likeness (QED) is 0.867. The molecule has 100 valence electrons. The number of anilines is 1. The highest BCUT2D eigenvalue weighted by molar-refractivity contribution is 5.44. The van der Waals surface area contributed by atoms with Crippen molar-refractivity contribution in [2.75, 3.05) is 18.0 Å². The van der Waals surface area contributed by atoms with Gasteiger partial charge in [0.25, 0.3) is 0 Å². The Balaban J connectivity index is 1.81. The van der Waals surface area contributed by atoms with Gasteiger partial charge in [0.15, 0.2) is 0 Å². The van der Waals surface area contributed by atoms with Crippen LogP contribution < -0.4 is 10.2 Å². The average molecular weight is 247 g/mol. The van der Waals surface area contributed by atoms with Crippen LogP contribution in [0.15, 0.2) is 24.5 Å². The molecule has 3 heteroatoms. The van der Waals surface area contributed by atoms with Gasteiger partial charge < -0.3 is 10.2 Å². The Morgan fingerprint density at radius 1 is 1.22 bits per heavy atom. The zero-order valence-electron chi connectivity index (χ0n) is 11.6. The Morgan fingerprint density at radius 3 is 2.39 bits per heavy atom. The highest BCUT2D eigenvalue weighted by atomic mass is 15.1. The molecule has 1 saturated heterocycles. The third-order valence-corrected chi connectivity index (χ3v) is 3.98. The Hall–Kier alpha value is -1.09. The molecule has 0 aliphatic carbocycles. The van der Waals surface area contributed by atoms with E-state index in [1.54, 1.807) is 0 Å². The van der Waals surface area contributed by atoms with Gasteiger partial charge in [-0.2, -0.15) is 0 Å². The van der Waals surface area contributed by atoms with E-state index in [-0.39, 0.29) is 0 Å². The minimum atomic E-state index is 0.697. The molecule has 0 amide bonds. The van der Waals surface area contributed by atoms with E-state index in [9.17, 15) is 0 Å². The SMILES string of the molecule is CCC(CC)NC1CCN(c2ccncc2)CC1. The van der Waals surface area contributed by atoms with E-state index in [0.29, 0.717) is 12.1 Å². The molecule has 0 saturated carbocycles. The van der Waals surface area contributed by atoms with Crippen molar-refractivity contribution in [1.29, 1.82) is 0 Å². The molecule has 1 aliphatic heterocycles. The van der Waals surface area contributed by atoms with E-state index >= 15 is 0 Å². The molecule has 0 radical (unpaired) electrons. The maximum atomic E-state index is 4.08. The van der Waals surface area contributed by atoms with Gasteiger partial charge in [-0.05, 0) is 37.8 Å². The monoisotopic (exact) mass is 247 g/mol. The van der Waals surface area contributed by atoms with Crippen LogP contribution >= 0.6 is 0 Å². The van der Waals surface area contributed by atoms with Gasteiger partial charge in [0.1, 0.15) is 0 Å². The van der Waals surface area contributed by atoms with Crippen molar-refractivity contribution in [3.8, 4) is 0 Å². The lowest BCUT2D eigenvalue weighted by Crippen LogP contribution is -2.46. The molecule has 0 spiro atoms. The topological polar surface area (TPSA) is 28.2 Å². The van der Waals surface area contributed by atoms with E-state index < -0.39 is 0 Å². The van der Waals surface area contributed by atoms with Crippen molar-refractivity contribution in [3.05, 3.63) is 24.5 Å². The summed E-state index contributed by atoms with van der Waals surface area (Å²) in [5.41, 5.74) is 1.31. The lowest BCUT2D eigenvalue weighted by molar-refractivity contribution is 0.354. The number of rotatable bonds is 5. The average Bonchev–Trinajstić information content (AvgIpc) is 2.46. The lowest BCUT2D eigenvalue weighted by Gasteiger charge is -2.35. The smallest absolute Gasteiger partial charge is 0.0397 e. The summed E-state index contributed by atoms with van der Waals surface area (Å²) >= 11 is 0. The van der Waals surface area contributed by atoms with Gasteiger partial charge in [-0.25, -0.2) is 0 Å². The third-order valence-electron chi connectivity index (χ3n) is 3.98. The predicted molar refractivity (Wildman–Crippen MR) is 77.0 cm³/mol. The number of aromatic nitrogens is 1. The fourth-order valence-corrected chi connectivity index (χ4v) is 2.72. The highest BCUT2D eigenvalue weighted by Crippen LogP contribution is 2.19. The molecule has 1 N–H and O–H groups in total. The molecule has 18 heavy (non-hydrogen) atoms. The molecule has 1 aromatic heterocycles. The fraction of sp³-hybridized carbons (Fsp3) is 0.667. The fourth-order valence-electron chi connectivity index (χ4n) is 2.72. The van der Waals surface area contributed by atoms with E-state index in [1.165, 1.54) is 31.4 Å². The van der Waals surface area contributed by atoms with Crippen molar-refractivity contribution < 1.29 is 0 Å². The molecule has 1 aliphatic rings. The van der Waals surface area contributed by atoms with Crippen LogP contribution in [0, 0.1) is 0 Å². The molecule has 1 aromatic rings. The van der Waals surface area contributed by atoms with Gasteiger partial charge in [-0.1, -0.05) is 13.8 Å². The second kappa shape index (κ2) is 6.74. The number of piperidine rings is 1. The molecular formula is C15H25N3. The second-order valence-corrected chi connectivity index (χ2v) is 5.15. The predicted octanol–water partition coefficient (Wildman–Crippen LogP) is 2.83. The summed E-state index contributed by atoms with van der Waals surface area (Å²) in [4.78, 5) is 6.54. The molecule has 0 unspecified atom stereocenters. The van der Waals surface area contributed by atoms with Crippen LogP contribution in [0.25, 0.3) is 0 Å². The highest BCUT2D eigenvalue weighted by Gasteiger charge is 2.20. The molecule has 3 nitrogen and oxygen atoms in total. The lowest BCUT2D eigenvalue weighted by atomic mass is 10.0. The summed E-state index contributed by atoms with van der Waals surface area (Å²) in [6, 6.07) is 5.61. The summed E-state index contributed by atoms with van der Waals surface area (Å²) < 4.78 is 0. The van der Waals surface area contributed by atoms with Gasteiger partial charge >= 0.3 is 0 Å². The van der Waals surface area contributed by atoms with Crippen LogP contribution in [0.3, 0.4) is 0 Å². The maximum Gasteiger partial charge on any atom is 0.0397 e. The zero-order valence-corrected chi connectivity index (χ0v) is 11.6. The first kappa shape index (κ1) is 13.3. The van der Waals surface area contributed by atoms with Gasteiger partial charge in [0.05, 0.1) is 0 Å². The van der Waals surface area contributed by atoms with E-state index in [0.717, 1.165) is 13.1 Å². The van der Waals surface area contributed by atoms with Crippen molar-refractivity contribution >= 4 is 5.69 Å². The summed E-state index contributed by atoms with van der Waals surface area (Å²) in [5, 5.41) is 3.79. The number of hydrogen-bond acceptors (Lipinski definition) is 3. The van der Waals surface area contributed by atoms with Crippen molar-refractivity contribution in [2.45, 2.75) is 51.6 Å². The molecule has 2 rings (SSSR count). The van der Waals surface area contributed by atoms with Crippen molar-refractivity contribution in [2.24, 2.45) is 0 Å². The van der Waals surface area contributed by atoms with Gasteiger partial charge in [0.2, 0.25) is 0 Å². The summed E-state index contributed by atoms with van der Waals surface area (Å²) in [7, 11) is 0. The Morgan fingerprint density at radius 2 is 1.83 bits per heavy atom. The molecule has 0 atom stereocenters. The summed E-state index contributed by atoms with van der Waals surface area (Å²) in [6.07, 6.45) is 8.73. The Kier molecular flexibility index (Phi) is 5.00. The number of hydrogen-bond donors (Lipinski definition) is 1. The van der Waals surface area contributed by atoms with Crippen LogP contribution in [-0.2, 0) is 0 Å². The summed E-state index contributed by atoms with van der Waals surface area (Å²) in [6.45, 7) is 6.85. The van der Waals surface area contributed by atoms with Crippen LogP contribution in [-0.4, -0.2) is 30.2 Å². The Bertz CT molecular complexity index is 327. The van der Waals surface area contributed by atoms with Crippen LogP contribution in [0.4, 0.5) is 5.69 Å². The number of pyridine rings is 1. The number of nitrogens with zero attached hydrogens (tertiary/aromatic N) is 2. The number of nitrogens with one attached hydrogen (secondary N) is 1. The molecule has 1 fully saturated rings. The van der Waals surface area contributed by atoms with Crippen molar-refractivity contribution in [3.63, 3.8) is 0 Å². The van der Waals surface area contributed by atoms with Gasteiger partial charge in [-0.15, -0.1) is 0 Å². The zero-order chi connectivity index (χ0) is 12.8. The molecule has 0 aromatic carbocycles. The van der Waals surface area contributed by atoms with Gasteiger partial charge in [-0.3, -0.25) is 4.98 Å². The first-order chi connectivity index (χ1) is 8.83.